The van der Waals surface area contributed by atoms with Gasteiger partial charge in [-0.2, -0.15) is 0 Å². The Hall–Kier alpha value is -3.17. The number of esters is 1. The van der Waals surface area contributed by atoms with Crippen molar-refractivity contribution in [3.8, 4) is 0 Å². The highest BCUT2D eigenvalue weighted by Gasteiger charge is 2.28. The first-order valence-electron chi connectivity index (χ1n) is 9.54. The van der Waals surface area contributed by atoms with Gasteiger partial charge in [-0.05, 0) is 37.1 Å². The van der Waals surface area contributed by atoms with Crippen LogP contribution in [0.15, 0.2) is 65.6 Å². The number of rotatable bonds is 8. The van der Waals surface area contributed by atoms with Crippen LogP contribution in [0.1, 0.15) is 38.1 Å². The van der Waals surface area contributed by atoms with Crippen LogP contribution in [-0.2, 0) is 21.3 Å². The molecule has 2 aromatic carbocycles. The maximum atomic E-state index is 13.0. The van der Waals surface area contributed by atoms with E-state index in [9.17, 15) is 18.0 Å². The number of anilines is 1. The van der Waals surface area contributed by atoms with Crippen LogP contribution in [0.3, 0.4) is 0 Å². The number of sulfonamides is 1. The summed E-state index contributed by atoms with van der Waals surface area (Å²) in [6.45, 7) is 3.69. The maximum absolute atomic E-state index is 13.0. The molecule has 0 spiro atoms. The standard InChI is InChI=1S/C22H22N2O5S2/c1-3-29-22(26)19-15(2)18(20(25)23-14-16-10-6-4-7-11-16)21(30-19)24-31(27,28)17-12-8-5-9-13-17/h4-13,24H,3,14H2,1-2H3,(H,23,25). The molecule has 9 heteroatoms. The summed E-state index contributed by atoms with van der Waals surface area (Å²) in [7, 11) is -3.95. The third-order valence-electron chi connectivity index (χ3n) is 4.41. The van der Waals surface area contributed by atoms with Gasteiger partial charge in [-0.25, -0.2) is 13.2 Å². The molecular formula is C22H22N2O5S2. The number of ether oxygens (including phenoxy) is 1. The van der Waals surface area contributed by atoms with Gasteiger partial charge in [0, 0.05) is 6.54 Å². The van der Waals surface area contributed by atoms with Crippen molar-refractivity contribution in [1.82, 2.24) is 5.32 Å². The molecule has 0 bridgehead atoms. The molecule has 0 saturated heterocycles. The first-order valence-corrected chi connectivity index (χ1v) is 11.8. The fourth-order valence-corrected chi connectivity index (χ4v) is 5.32. The fraction of sp³-hybridized carbons (Fsp3) is 0.182. The highest BCUT2D eigenvalue weighted by Crippen LogP contribution is 2.35. The smallest absolute Gasteiger partial charge is 0.348 e. The molecule has 0 radical (unpaired) electrons. The van der Waals surface area contributed by atoms with Crippen LogP contribution in [0.5, 0.6) is 0 Å². The predicted molar refractivity (Wildman–Crippen MR) is 120 cm³/mol. The monoisotopic (exact) mass is 458 g/mol. The Morgan fingerprint density at radius 1 is 1.00 bits per heavy atom. The lowest BCUT2D eigenvalue weighted by atomic mass is 10.1. The molecule has 31 heavy (non-hydrogen) atoms. The van der Waals surface area contributed by atoms with Crippen LogP contribution < -0.4 is 10.0 Å². The number of thiophene rings is 1. The molecule has 0 aliphatic rings. The molecular weight excluding hydrogens is 436 g/mol. The van der Waals surface area contributed by atoms with Crippen molar-refractivity contribution >= 4 is 38.2 Å². The second-order valence-corrected chi connectivity index (χ2v) is 9.27. The molecule has 1 aromatic heterocycles. The summed E-state index contributed by atoms with van der Waals surface area (Å²) in [6, 6.07) is 17.1. The molecule has 0 atom stereocenters. The summed E-state index contributed by atoms with van der Waals surface area (Å²) >= 11 is 0.880. The Morgan fingerprint density at radius 3 is 2.23 bits per heavy atom. The average molecular weight is 459 g/mol. The van der Waals surface area contributed by atoms with Crippen LogP contribution >= 0.6 is 11.3 Å². The molecule has 0 saturated carbocycles. The van der Waals surface area contributed by atoms with Crippen molar-refractivity contribution in [2.75, 3.05) is 11.3 Å². The number of nitrogens with one attached hydrogen (secondary N) is 2. The fourth-order valence-electron chi connectivity index (χ4n) is 2.90. The zero-order valence-electron chi connectivity index (χ0n) is 17.0. The van der Waals surface area contributed by atoms with E-state index >= 15 is 0 Å². The lowest BCUT2D eigenvalue weighted by Gasteiger charge is -2.10. The highest BCUT2D eigenvalue weighted by molar-refractivity contribution is 7.93. The van der Waals surface area contributed by atoms with E-state index < -0.39 is 21.9 Å². The van der Waals surface area contributed by atoms with Crippen molar-refractivity contribution in [3.63, 3.8) is 0 Å². The van der Waals surface area contributed by atoms with E-state index in [1.807, 2.05) is 30.3 Å². The van der Waals surface area contributed by atoms with E-state index in [1.165, 1.54) is 12.1 Å². The summed E-state index contributed by atoms with van der Waals surface area (Å²) in [4.78, 5) is 25.6. The summed E-state index contributed by atoms with van der Waals surface area (Å²) in [5, 5.41) is 2.85. The first-order chi connectivity index (χ1) is 14.8. The molecule has 0 aliphatic heterocycles. The van der Waals surface area contributed by atoms with Crippen molar-refractivity contribution in [2.45, 2.75) is 25.3 Å². The molecule has 0 fully saturated rings. The van der Waals surface area contributed by atoms with Gasteiger partial charge in [-0.1, -0.05) is 48.5 Å². The molecule has 2 N–H and O–H groups in total. The Bertz CT molecular complexity index is 1170. The van der Waals surface area contributed by atoms with Gasteiger partial charge in [0.25, 0.3) is 15.9 Å². The molecule has 3 rings (SSSR count). The first kappa shape index (κ1) is 22.5. The van der Waals surface area contributed by atoms with E-state index in [0.29, 0.717) is 5.56 Å². The Kier molecular flexibility index (Phi) is 7.09. The SMILES string of the molecule is CCOC(=O)c1sc(NS(=O)(=O)c2ccccc2)c(C(=O)NCc2ccccc2)c1C. The summed E-state index contributed by atoms with van der Waals surface area (Å²) < 4.78 is 33.2. The zero-order chi connectivity index (χ0) is 22.4. The van der Waals surface area contributed by atoms with Gasteiger partial charge < -0.3 is 10.1 Å². The second kappa shape index (κ2) is 9.76. The Labute approximate surface area is 185 Å². The molecule has 7 nitrogen and oxygen atoms in total. The summed E-state index contributed by atoms with van der Waals surface area (Å²) in [5.41, 5.74) is 1.35. The van der Waals surface area contributed by atoms with Crippen molar-refractivity contribution in [1.29, 1.82) is 0 Å². The van der Waals surface area contributed by atoms with Gasteiger partial charge >= 0.3 is 5.97 Å². The Morgan fingerprint density at radius 2 is 1.61 bits per heavy atom. The Balaban J connectivity index is 1.96. The largest absolute Gasteiger partial charge is 0.462 e. The number of amides is 1. The van der Waals surface area contributed by atoms with Crippen LogP contribution in [0.2, 0.25) is 0 Å². The number of hydrogen-bond donors (Lipinski definition) is 2. The van der Waals surface area contributed by atoms with E-state index in [4.69, 9.17) is 4.74 Å². The average Bonchev–Trinajstić information content (AvgIpc) is 3.09. The van der Waals surface area contributed by atoms with E-state index in [-0.39, 0.29) is 33.5 Å². The minimum atomic E-state index is -3.95. The molecule has 1 heterocycles. The number of hydrogen-bond acceptors (Lipinski definition) is 6. The van der Waals surface area contributed by atoms with Crippen LogP contribution in [0.4, 0.5) is 5.00 Å². The molecule has 3 aromatic rings. The predicted octanol–water partition coefficient (Wildman–Crippen LogP) is 3.96. The van der Waals surface area contributed by atoms with Crippen LogP contribution in [0.25, 0.3) is 0 Å². The summed E-state index contributed by atoms with van der Waals surface area (Å²) in [6.07, 6.45) is 0. The number of carbonyl (C=O) groups excluding carboxylic acids is 2. The van der Waals surface area contributed by atoms with Gasteiger partial charge in [-0.15, -0.1) is 11.3 Å². The minimum absolute atomic E-state index is 0.0504. The third-order valence-corrected chi connectivity index (χ3v) is 7.09. The number of benzene rings is 2. The van der Waals surface area contributed by atoms with Crippen molar-refractivity contribution < 1.29 is 22.7 Å². The quantitative estimate of drug-likeness (QED) is 0.498. The minimum Gasteiger partial charge on any atom is -0.462 e. The van der Waals surface area contributed by atoms with E-state index in [1.54, 1.807) is 32.0 Å². The normalized spacial score (nSPS) is 11.0. The van der Waals surface area contributed by atoms with Crippen molar-refractivity contribution in [2.24, 2.45) is 0 Å². The lowest BCUT2D eigenvalue weighted by molar-refractivity contribution is 0.0531. The lowest BCUT2D eigenvalue weighted by Crippen LogP contribution is -2.25. The molecule has 1 amide bonds. The van der Waals surface area contributed by atoms with E-state index in [0.717, 1.165) is 16.9 Å². The third kappa shape index (κ3) is 5.31. The van der Waals surface area contributed by atoms with Gasteiger partial charge in [0.15, 0.2) is 0 Å². The van der Waals surface area contributed by atoms with Crippen LogP contribution in [-0.4, -0.2) is 26.9 Å². The summed E-state index contributed by atoms with van der Waals surface area (Å²) in [5.74, 6) is -1.09. The van der Waals surface area contributed by atoms with Crippen molar-refractivity contribution in [3.05, 3.63) is 82.2 Å². The maximum Gasteiger partial charge on any atom is 0.348 e. The van der Waals surface area contributed by atoms with Gasteiger partial charge in [0.2, 0.25) is 0 Å². The molecule has 0 unspecified atom stereocenters. The zero-order valence-corrected chi connectivity index (χ0v) is 18.7. The van der Waals surface area contributed by atoms with Gasteiger partial charge in [0.05, 0.1) is 17.1 Å². The van der Waals surface area contributed by atoms with E-state index in [2.05, 4.69) is 10.0 Å². The second-order valence-electron chi connectivity index (χ2n) is 6.57. The van der Waals surface area contributed by atoms with Gasteiger partial charge in [-0.3, -0.25) is 9.52 Å². The van der Waals surface area contributed by atoms with Gasteiger partial charge in [0.1, 0.15) is 9.88 Å². The molecule has 0 aliphatic carbocycles. The number of carbonyl (C=O) groups is 2. The topological polar surface area (TPSA) is 102 Å². The molecule has 162 valence electrons. The highest BCUT2D eigenvalue weighted by atomic mass is 32.2. The van der Waals surface area contributed by atoms with Crippen LogP contribution in [0, 0.1) is 6.92 Å².